The van der Waals surface area contributed by atoms with Gasteiger partial charge in [-0.3, -0.25) is 14.3 Å². The van der Waals surface area contributed by atoms with Crippen LogP contribution >= 0.6 is 0 Å². The van der Waals surface area contributed by atoms with Crippen LogP contribution in [0.4, 0.5) is 11.4 Å². The standard InChI is InChI=1S/C20H25N5O2/c1-14(25-11-3-8-22-25)18(26)23-15-4-2-5-16(12-15)24-19(27)17-13-20(17)6-9-21-10-7-20/h2-5,8,11-12,14,17,21H,6-7,9-10,13H2,1H3,(H,23,26)(H,24,27). The smallest absolute Gasteiger partial charge is 0.248 e. The van der Waals surface area contributed by atoms with E-state index >= 15 is 0 Å². The maximum atomic E-state index is 12.6. The summed E-state index contributed by atoms with van der Waals surface area (Å²) in [7, 11) is 0. The van der Waals surface area contributed by atoms with Gasteiger partial charge in [-0.1, -0.05) is 6.07 Å². The first kappa shape index (κ1) is 17.7. The zero-order valence-electron chi connectivity index (χ0n) is 15.4. The second-order valence-corrected chi connectivity index (χ2v) is 7.59. The molecule has 2 amide bonds. The Labute approximate surface area is 158 Å². The molecule has 1 aromatic heterocycles. The molecule has 2 fully saturated rings. The quantitative estimate of drug-likeness (QED) is 0.757. The number of aromatic nitrogens is 2. The Morgan fingerprint density at radius 2 is 1.96 bits per heavy atom. The SMILES string of the molecule is CC(C(=O)Nc1cccc(NC(=O)C2CC23CCNCC3)c1)n1cccn1. The molecule has 2 aromatic rings. The van der Waals surface area contributed by atoms with Crippen LogP contribution in [-0.4, -0.2) is 34.7 Å². The number of rotatable bonds is 5. The molecule has 3 N–H and O–H groups in total. The number of nitrogens with one attached hydrogen (secondary N) is 3. The van der Waals surface area contributed by atoms with Crippen LogP contribution < -0.4 is 16.0 Å². The molecule has 2 atom stereocenters. The van der Waals surface area contributed by atoms with Crippen LogP contribution in [0, 0.1) is 11.3 Å². The molecule has 1 spiro atoms. The first-order chi connectivity index (χ1) is 13.1. The van der Waals surface area contributed by atoms with Crippen LogP contribution in [0.3, 0.4) is 0 Å². The molecule has 1 aliphatic heterocycles. The van der Waals surface area contributed by atoms with Gasteiger partial charge in [0.25, 0.3) is 0 Å². The van der Waals surface area contributed by atoms with Gasteiger partial charge >= 0.3 is 0 Å². The van der Waals surface area contributed by atoms with Gasteiger partial charge in [0.15, 0.2) is 0 Å². The summed E-state index contributed by atoms with van der Waals surface area (Å²) in [6, 6.07) is 8.66. The predicted molar refractivity (Wildman–Crippen MR) is 103 cm³/mol. The second-order valence-electron chi connectivity index (χ2n) is 7.59. The Kier molecular flexibility index (Phi) is 4.70. The molecule has 0 radical (unpaired) electrons. The van der Waals surface area contributed by atoms with Gasteiger partial charge in [-0.2, -0.15) is 5.10 Å². The highest BCUT2D eigenvalue weighted by atomic mass is 16.2. The summed E-state index contributed by atoms with van der Waals surface area (Å²) in [5.41, 5.74) is 1.57. The van der Waals surface area contributed by atoms with E-state index in [0.717, 1.165) is 32.4 Å². The van der Waals surface area contributed by atoms with Crippen molar-refractivity contribution in [3.8, 4) is 0 Å². The Morgan fingerprint density at radius 3 is 2.67 bits per heavy atom. The molecular formula is C20H25N5O2. The van der Waals surface area contributed by atoms with Crippen molar-refractivity contribution in [2.24, 2.45) is 11.3 Å². The van der Waals surface area contributed by atoms with Gasteiger partial charge in [0.1, 0.15) is 6.04 Å². The second kappa shape index (κ2) is 7.15. The van der Waals surface area contributed by atoms with Gasteiger partial charge < -0.3 is 16.0 Å². The first-order valence-electron chi connectivity index (χ1n) is 9.49. The van der Waals surface area contributed by atoms with Crippen molar-refractivity contribution in [3.63, 3.8) is 0 Å². The molecule has 2 unspecified atom stereocenters. The third-order valence-electron chi connectivity index (χ3n) is 5.80. The van der Waals surface area contributed by atoms with Crippen LogP contribution in [-0.2, 0) is 9.59 Å². The number of nitrogens with zero attached hydrogens (tertiary/aromatic N) is 2. The third-order valence-corrected chi connectivity index (χ3v) is 5.80. The van der Waals surface area contributed by atoms with E-state index in [1.807, 2.05) is 18.2 Å². The molecule has 1 aliphatic carbocycles. The van der Waals surface area contributed by atoms with Crippen molar-refractivity contribution in [3.05, 3.63) is 42.7 Å². The van der Waals surface area contributed by atoms with Gasteiger partial charge in [0, 0.05) is 29.7 Å². The summed E-state index contributed by atoms with van der Waals surface area (Å²) >= 11 is 0. The van der Waals surface area contributed by atoms with E-state index < -0.39 is 6.04 Å². The van der Waals surface area contributed by atoms with E-state index in [9.17, 15) is 9.59 Å². The minimum Gasteiger partial charge on any atom is -0.326 e. The van der Waals surface area contributed by atoms with E-state index in [-0.39, 0.29) is 23.1 Å². The van der Waals surface area contributed by atoms with Gasteiger partial charge in [-0.15, -0.1) is 0 Å². The summed E-state index contributed by atoms with van der Waals surface area (Å²) in [4.78, 5) is 25.0. The van der Waals surface area contributed by atoms with Crippen LogP contribution in [0.5, 0.6) is 0 Å². The Morgan fingerprint density at radius 1 is 1.22 bits per heavy atom. The molecule has 1 aromatic carbocycles. The fraction of sp³-hybridized carbons (Fsp3) is 0.450. The van der Waals surface area contributed by atoms with E-state index in [1.54, 1.807) is 36.1 Å². The summed E-state index contributed by atoms with van der Waals surface area (Å²) in [6.45, 7) is 3.79. The average Bonchev–Trinajstić information content (AvgIpc) is 3.10. The van der Waals surface area contributed by atoms with Gasteiger partial charge in [-0.25, -0.2) is 0 Å². The van der Waals surface area contributed by atoms with Crippen LogP contribution in [0.25, 0.3) is 0 Å². The number of carbonyl (C=O) groups is 2. The van der Waals surface area contributed by atoms with Crippen LogP contribution in [0.1, 0.15) is 32.2 Å². The molecule has 27 heavy (non-hydrogen) atoms. The number of anilines is 2. The summed E-state index contributed by atoms with van der Waals surface area (Å²) in [6.07, 6.45) is 6.54. The number of piperidine rings is 1. The molecule has 0 bridgehead atoms. The van der Waals surface area contributed by atoms with Gasteiger partial charge in [-0.05, 0) is 69.0 Å². The maximum absolute atomic E-state index is 12.6. The molecule has 7 heteroatoms. The first-order valence-corrected chi connectivity index (χ1v) is 9.49. The van der Waals surface area contributed by atoms with Crippen molar-refractivity contribution < 1.29 is 9.59 Å². The fourth-order valence-corrected chi connectivity index (χ4v) is 3.98. The van der Waals surface area contributed by atoms with E-state index in [2.05, 4.69) is 21.0 Å². The molecule has 1 saturated heterocycles. The number of hydrogen-bond donors (Lipinski definition) is 3. The van der Waals surface area contributed by atoms with Crippen molar-refractivity contribution in [2.75, 3.05) is 23.7 Å². The van der Waals surface area contributed by atoms with Gasteiger partial charge in [0.05, 0.1) is 0 Å². The zero-order valence-corrected chi connectivity index (χ0v) is 15.4. The lowest BCUT2D eigenvalue weighted by molar-refractivity contribution is -0.119. The monoisotopic (exact) mass is 367 g/mol. The van der Waals surface area contributed by atoms with Crippen molar-refractivity contribution in [2.45, 2.75) is 32.2 Å². The Hall–Kier alpha value is -2.67. The van der Waals surface area contributed by atoms with Gasteiger partial charge in [0.2, 0.25) is 11.8 Å². The molecule has 7 nitrogen and oxygen atoms in total. The lowest BCUT2D eigenvalue weighted by atomic mass is 9.92. The summed E-state index contributed by atoms with van der Waals surface area (Å²) < 4.78 is 1.60. The summed E-state index contributed by atoms with van der Waals surface area (Å²) in [5, 5.41) is 13.4. The highest BCUT2D eigenvalue weighted by Crippen LogP contribution is 2.58. The minimum atomic E-state index is -0.413. The Bertz CT molecular complexity index is 827. The van der Waals surface area contributed by atoms with E-state index in [4.69, 9.17) is 0 Å². The average molecular weight is 367 g/mol. The number of amides is 2. The third kappa shape index (κ3) is 3.73. The largest absolute Gasteiger partial charge is 0.326 e. The highest BCUT2D eigenvalue weighted by molar-refractivity contribution is 5.97. The maximum Gasteiger partial charge on any atom is 0.248 e. The molecular weight excluding hydrogens is 342 g/mol. The molecule has 1 saturated carbocycles. The molecule has 2 aliphatic rings. The minimum absolute atomic E-state index is 0.0882. The highest BCUT2D eigenvalue weighted by Gasteiger charge is 2.57. The van der Waals surface area contributed by atoms with Crippen molar-refractivity contribution in [1.82, 2.24) is 15.1 Å². The lowest BCUT2D eigenvalue weighted by Crippen LogP contribution is -2.31. The topological polar surface area (TPSA) is 88.0 Å². The normalized spacial score (nSPS) is 21.4. The van der Waals surface area contributed by atoms with Crippen LogP contribution in [0.15, 0.2) is 42.7 Å². The number of hydrogen-bond acceptors (Lipinski definition) is 4. The van der Waals surface area contributed by atoms with E-state index in [0.29, 0.717) is 11.4 Å². The predicted octanol–water partition coefficient (Wildman–Crippen LogP) is 2.41. The number of benzene rings is 1. The molecule has 142 valence electrons. The number of carbonyl (C=O) groups excluding carboxylic acids is 2. The van der Waals surface area contributed by atoms with E-state index in [1.165, 1.54) is 0 Å². The molecule has 2 heterocycles. The van der Waals surface area contributed by atoms with Crippen molar-refractivity contribution >= 4 is 23.2 Å². The fourth-order valence-electron chi connectivity index (χ4n) is 3.98. The lowest BCUT2D eigenvalue weighted by Gasteiger charge is -2.23. The molecule has 4 rings (SSSR count). The Balaban J connectivity index is 1.36. The zero-order chi connectivity index (χ0) is 18.9. The van der Waals surface area contributed by atoms with Crippen LogP contribution in [0.2, 0.25) is 0 Å². The summed E-state index contributed by atoms with van der Waals surface area (Å²) in [5.74, 6) is 0.0426. The van der Waals surface area contributed by atoms with Crippen molar-refractivity contribution in [1.29, 1.82) is 0 Å².